The third kappa shape index (κ3) is 3.80. The van der Waals surface area contributed by atoms with Gasteiger partial charge < -0.3 is 9.75 Å². The molecule has 0 atom stereocenters. The molecule has 0 radical (unpaired) electrons. The van der Waals surface area contributed by atoms with Gasteiger partial charge in [-0.1, -0.05) is 17.7 Å². The number of benzene rings is 2. The number of aromatic nitrogens is 2. The topological polar surface area (TPSA) is 56.3 Å². The van der Waals surface area contributed by atoms with Crippen molar-refractivity contribution in [3.63, 3.8) is 0 Å². The fourth-order valence-electron chi connectivity index (χ4n) is 3.12. The fraction of sp³-hybridized carbons (Fsp3) is 0.286. The van der Waals surface area contributed by atoms with Crippen LogP contribution in [0.5, 0.6) is 5.75 Å². The van der Waals surface area contributed by atoms with Gasteiger partial charge in [0.1, 0.15) is 12.4 Å². The average molecular weight is 385 g/mol. The lowest BCUT2D eigenvalue weighted by Gasteiger charge is -2.19. The van der Waals surface area contributed by atoms with Crippen LogP contribution in [-0.2, 0) is 13.7 Å². The van der Waals surface area contributed by atoms with Crippen molar-refractivity contribution in [1.29, 1.82) is 0 Å². The zero-order chi connectivity index (χ0) is 19.7. The number of anilines is 1. The van der Waals surface area contributed by atoms with Gasteiger partial charge in [0.05, 0.1) is 11.4 Å². The molecular formula is C21H25ClN4O. The van der Waals surface area contributed by atoms with Crippen molar-refractivity contribution in [3.8, 4) is 17.0 Å². The molecule has 2 N–H and O–H groups in total. The van der Waals surface area contributed by atoms with Gasteiger partial charge in [-0.2, -0.15) is 5.10 Å². The van der Waals surface area contributed by atoms with Crippen LogP contribution in [0.15, 0.2) is 36.4 Å². The lowest BCUT2D eigenvalue weighted by Crippen LogP contribution is -2.26. The summed E-state index contributed by atoms with van der Waals surface area (Å²) in [6, 6.07) is 11.8. The van der Waals surface area contributed by atoms with Crippen LogP contribution in [0.3, 0.4) is 0 Å². The summed E-state index contributed by atoms with van der Waals surface area (Å²) in [6.07, 6.45) is 0. The minimum atomic E-state index is 0.346. The molecule has 1 aromatic heterocycles. The molecular weight excluding hydrogens is 360 g/mol. The Labute approximate surface area is 165 Å². The quantitative estimate of drug-likeness (QED) is 0.517. The summed E-state index contributed by atoms with van der Waals surface area (Å²) in [6.45, 7) is 6.55. The first-order valence-corrected chi connectivity index (χ1v) is 9.17. The normalized spacial score (nSPS) is 10.9. The minimum Gasteiger partial charge on any atom is -0.488 e. The van der Waals surface area contributed by atoms with E-state index in [-0.39, 0.29) is 0 Å². The monoisotopic (exact) mass is 384 g/mol. The number of aryl methyl sites for hydroxylation is 2. The van der Waals surface area contributed by atoms with Crippen molar-refractivity contribution in [3.05, 3.63) is 63.8 Å². The second-order valence-electron chi connectivity index (χ2n) is 6.80. The Balaban J connectivity index is 1.85. The Bertz CT molecular complexity index is 979. The highest BCUT2D eigenvalue weighted by atomic mass is 35.5. The van der Waals surface area contributed by atoms with Gasteiger partial charge in [-0.25, -0.2) is 5.84 Å². The van der Waals surface area contributed by atoms with E-state index in [0.717, 1.165) is 33.8 Å². The maximum Gasteiger partial charge on any atom is 0.122 e. The number of halogens is 1. The van der Waals surface area contributed by atoms with E-state index in [1.165, 1.54) is 11.3 Å². The standard InChI is InChI=1S/C21H25ClN4O/c1-13-11-16(21-14(2)15(3)26(5)24-21)9-10-20(13)27-12-17-18(22)7-6-8-19(17)25(4)23/h6-11H,12,23H2,1-5H3. The number of nitrogens with zero attached hydrogens (tertiary/aromatic N) is 3. The Hall–Kier alpha value is -2.50. The second kappa shape index (κ2) is 7.62. The van der Waals surface area contributed by atoms with Crippen LogP contribution in [0, 0.1) is 20.8 Å². The number of rotatable bonds is 5. The number of hydrogen-bond donors (Lipinski definition) is 1. The molecule has 0 amide bonds. The molecule has 2 aromatic carbocycles. The third-order valence-corrected chi connectivity index (χ3v) is 5.28. The van der Waals surface area contributed by atoms with Crippen molar-refractivity contribution >= 4 is 17.3 Å². The molecule has 0 aliphatic rings. The van der Waals surface area contributed by atoms with Gasteiger partial charge in [0, 0.05) is 35.9 Å². The molecule has 6 heteroatoms. The maximum absolute atomic E-state index is 6.35. The van der Waals surface area contributed by atoms with E-state index in [9.17, 15) is 0 Å². The second-order valence-corrected chi connectivity index (χ2v) is 7.21. The molecule has 142 valence electrons. The predicted molar refractivity (Wildman–Crippen MR) is 111 cm³/mol. The molecule has 0 unspecified atom stereocenters. The Kier molecular flexibility index (Phi) is 5.44. The zero-order valence-corrected chi connectivity index (χ0v) is 17.1. The van der Waals surface area contributed by atoms with Crippen molar-refractivity contribution < 1.29 is 4.74 Å². The molecule has 0 spiro atoms. The van der Waals surface area contributed by atoms with E-state index in [1.54, 1.807) is 12.1 Å². The van der Waals surface area contributed by atoms with Crippen LogP contribution in [0.2, 0.25) is 5.02 Å². The van der Waals surface area contributed by atoms with Crippen LogP contribution in [0.25, 0.3) is 11.3 Å². The summed E-state index contributed by atoms with van der Waals surface area (Å²) in [5, 5.41) is 6.81. The third-order valence-electron chi connectivity index (χ3n) is 4.93. The number of nitrogens with two attached hydrogens (primary N) is 1. The molecule has 0 bridgehead atoms. The molecule has 1 heterocycles. The smallest absolute Gasteiger partial charge is 0.122 e. The molecule has 27 heavy (non-hydrogen) atoms. The zero-order valence-electron chi connectivity index (χ0n) is 16.4. The van der Waals surface area contributed by atoms with Gasteiger partial charge >= 0.3 is 0 Å². The molecule has 0 saturated carbocycles. The first-order valence-electron chi connectivity index (χ1n) is 8.79. The summed E-state index contributed by atoms with van der Waals surface area (Å²) in [4.78, 5) is 0. The van der Waals surface area contributed by atoms with Crippen molar-refractivity contribution in [2.45, 2.75) is 27.4 Å². The van der Waals surface area contributed by atoms with Gasteiger partial charge in [0.15, 0.2) is 0 Å². The van der Waals surface area contributed by atoms with Crippen LogP contribution in [-0.4, -0.2) is 16.8 Å². The minimum absolute atomic E-state index is 0.346. The fourth-order valence-corrected chi connectivity index (χ4v) is 3.34. The summed E-state index contributed by atoms with van der Waals surface area (Å²) < 4.78 is 7.96. The van der Waals surface area contributed by atoms with Crippen LogP contribution >= 0.6 is 11.6 Å². The van der Waals surface area contributed by atoms with Crippen LogP contribution < -0.4 is 15.6 Å². The highest BCUT2D eigenvalue weighted by molar-refractivity contribution is 6.31. The summed E-state index contributed by atoms with van der Waals surface area (Å²) >= 11 is 6.35. The molecule has 5 nitrogen and oxygen atoms in total. The van der Waals surface area contributed by atoms with E-state index < -0.39 is 0 Å². The highest BCUT2D eigenvalue weighted by Gasteiger charge is 2.14. The molecule has 0 aliphatic carbocycles. The highest BCUT2D eigenvalue weighted by Crippen LogP contribution is 2.31. The molecule has 0 fully saturated rings. The summed E-state index contributed by atoms with van der Waals surface area (Å²) in [7, 11) is 3.75. The first-order chi connectivity index (χ1) is 12.8. The van der Waals surface area contributed by atoms with Gasteiger partial charge in [-0.3, -0.25) is 4.68 Å². The van der Waals surface area contributed by atoms with Crippen molar-refractivity contribution in [2.75, 3.05) is 12.1 Å². The predicted octanol–water partition coefficient (Wildman–Crippen LogP) is 4.55. The Morgan fingerprint density at radius 1 is 1.19 bits per heavy atom. The maximum atomic E-state index is 6.35. The first kappa shape index (κ1) is 19.3. The average Bonchev–Trinajstić information content (AvgIpc) is 2.88. The number of hydrazine groups is 1. The summed E-state index contributed by atoms with van der Waals surface area (Å²) in [5.74, 6) is 6.72. The van der Waals surface area contributed by atoms with Crippen LogP contribution in [0.4, 0.5) is 5.69 Å². The van der Waals surface area contributed by atoms with E-state index in [2.05, 4.69) is 25.0 Å². The molecule has 3 aromatic rings. The Morgan fingerprint density at radius 2 is 1.93 bits per heavy atom. The SMILES string of the molecule is Cc1cc(-c2nn(C)c(C)c2C)ccc1OCc1c(Cl)cccc1N(C)N. The van der Waals surface area contributed by atoms with E-state index in [0.29, 0.717) is 11.6 Å². The lowest BCUT2D eigenvalue weighted by molar-refractivity contribution is 0.304. The Morgan fingerprint density at radius 3 is 2.52 bits per heavy atom. The molecule has 0 aliphatic heterocycles. The van der Waals surface area contributed by atoms with Gasteiger partial charge in [0.25, 0.3) is 0 Å². The van der Waals surface area contributed by atoms with Crippen LogP contribution in [0.1, 0.15) is 22.4 Å². The number of ether oxygens (including phenoxy) is 1. The summed E-state index contributed by atoms with van der Waals surface area (Å²) in [5.41, 5.74) is 7.20. The van der Waals surface area contributed by atoms with E-state index in [4.69, 9.17) is 22.2 Å². The number of hydrogen-bond acceptors (Lipinski definition) is 4. The van der Waals surface area contributed by atoms with Crippen molar-refractivity contribution in [1.82, 2.24) is 9.78 Å². The lowest BCUT2D eigenvalue weighted by atomic mass is 10.0. The van der Waals surface area contributed by atoms with Gasteiger partial charge in [-0.15, -0.1) is 0 Å². The van der Waals surface area contributed by atoms with E-state index in [1.807, 2.05) is 49.0 Å². The van der Waals surface area contributed by atoms with Crippen molar-refractivity contribution in [2.24, 2.45) is 12.9 Å². The molecule has 3 rings (SSSR count). The molecule has 0 saturated heterocycles. The largest absolute Gasteiger partial charge is 0.488 e. The van der Waals surface area contributed by atoms with Gasteiger partial charge in [0.2, 0.25) is 0 Å². The van der Waals surface area contributed by atoms with E-state index >= 15 is 0 Å². The van der Waals surface area contributed by atoms with Gasteiger partial charge in [-0.05, 0) is 62.2 Å².